The number of hydrogen-bond acceptors (Lipinski definition) is 6. The molecule has 0 saturated carbocycles. The number of phenols is 1. The second kappa shape index (κ2) is 5.72. The summed E-state index contributed by atoms with van der Waals surface area (Å²) >= 11 is 0. The van der Waals surface area contributed by atoms with Crippen LogP contribution in [0.3, 0.4) is 0 Å². The highest BCUT2D eigenvalue weighted by Crippen LogP contribution is 2.24. The van der Waals surface area contributed by atoms with Gasteiger partial charge in [-0.25, -0.2) is 9.79 Å². The number of non-ortho nitro benzene ring substituents is 1. The number of rotatable bonds is 3. The van der Waals surface area contributed by atoms with Gasteiger partial charge in [-0.05, 0) is 24.3 Å². The molecule has 0 fully saturated rings. The minimum absolute atomic E-state index is 0.0202. The monoisotopic (exact) mass is 310 g/mol. The molecule has 1 heterocycles. The van der Waals surface area contributed by atoms with Crippen LogP contribution in [0.2, 0.25) is 0 Å². The van der Waals surface area contributed by atoms with Crippen LogP contribution in [-0.2, 0) is 9.53 Å². The summed E-state index contributed by atoms with van der Waals surface area (Å²) in [5.74, 6) is -0.569. The highest BCUT2D eigenvalue weighted by atomic mass is 16.6. The first-order chi connectivity index (χ1) is 11.0. The van der Waals surface area contributed by atoms with E-state index in [1.54, 1.807) is 18.2 Å². The van der Waals surface area contributed by atoms with E-state index in [4.69, 9.17) is 4.74 Å². The summed E-state index contributed by atoms with van der Waals surface area (Å²) in [4.78, 5) is 26.0. The molecule has 2 aromatic carbocycles. The molecular weight excluding hydrogens is 300 g/mol. The number of para-hydroxylation sites is 1. The molecule has 0 atom stereocenters. The number of esters is 1. The van der Waals surface area contributed by atoms with E-state index >= 15 is 0 Å². The fourth-order valence-corrected chi connectivity index (χ4v) is 2.02. The van der Waals surface area contributed by atoms with Gasteiger partial charge in [0.05, 0.1) is 4.92 Å². The molecular formula is C16H10N2O5. The lowest BCUT2D eigenvalue weighted by molar-refractivity contribution is -0.384. The molecule has 1 N–H and O–H groups in total. The third-order valence-electron chi connectivity index (χ3n) is 3.17. The van der Waals surface area contributed by atoms with Crippen molar-refractivity contribution in [1.29, 1.82) is 0 Å². The van der Waals surface area contributed by atoms with Gasteiger partial charge in [-0.1, -0.05) is 18.2 Å². The number of hydrogen-bond donors (Lipinski definition) is 1. The van der Waals surface area contributed by atoms with E-state index in [9.17, 15) is 20.0 Å². The summed E-state index contributed by atoms with van der Waals surface area (Å²) in [6.45, 7) is 0. The van der Waals surface area contributed by atoms with Gasteiger partial charge in [0, 0.05) is 23.3 Å². The lowest BCUT2D eigenvalue weighted by Gasteiger charge is -1.98. The number of cyclic esters (lactones) is 1. The normalized spacial score (nSPS) is 15.4. The van der Waals surface area contributed by atoms with Crippen LogP contribution in [0.15, 0.2) is 59.2 Å². The Hall–Kier alpha value is -3.48. The number of nitrogens with zero attached hydrogens (tertiary/aromatic N) is 2. The standard InChI is InChI=1S/C16H10N2O5/c19-14-4-2-1-3-11(14)9-13-16(20)23-15(17-13)10-5-7-12(8-6-10)18(21)22/h1-9,19H/b13-9-. The SMILES string of the molecule is O=C1OC(c2ccc([N+](=O)[O-])cc2)=N/C1=C\c1ccccc1O. The third kappa shape index (κ3) is 2.93. The number of ether oxygens (including phenoxy) is 1. The number of aliphatic imine (C=N–C) groups is 1. The number of aromatic hydroxyl groups is 1. The first-order valence-electron chi connectivity index (χ1n) is 6.60. The average molecular weight is 310 g/mol. The number of benzene rings is 2. The maximum absolute atomic E-state index is 11.9. The van der Waals surface area contributed by atoms with E-state index in [0.717, 1.165) is 0 Å². The number of nitro groups is 1. The van der Waals surface area contributed by atoms with Crippen molar-refractivity contribution in [3.63, 3.8) is 0 Å². The maximum Gasteiger partial charge on any atom is 0.363 e. The second-order valence-corrected chi connectivity index (χ2v) is 4.70. The van der Waals surface area contributed by atoms with Gasteiger partial charge >= 0.3 is 5.97 Å². The van der Waals surface area contributed by atoms with E-state index < -0.39 is 10.9 Å². The minimum Gasteiger partial charge on any atom is -0.507 e. The van der Waals surface area contributed by atoms with Gasteiger partial charge < -0.3 is 9.84 Å². The lowest BCUT2D eigenvalue weighted by atomic mass is 10.1. The van der Waals surface area contributed by atoms with E-state index in [0.29, 0.717) is 11.1 Å². The minimum atomic E-state index is -0.651. The van der Waals surface area contributed by atoms with Gasteiger partial charge in [-0.15, -0.1) is 0 Å². The summed E-state index contributed by atoms with van der Waals surface area (Å²) in [6.07, 6.45) is 1.41. The summed E-state index contributed by atoms with van der Waals surface area (Å²) in [7, 11) is 0. The summed E-state index contributed by atoms with van der Waals surface area (Å²) in [5.41, 5.74) is 0.862. The van der Waals surface area contributed by atoms with Crippen LogP contribution >= 0.6 is 0 Å². The predicted molar refractivity (Wildman–Crippen MR) is 81.8 cm³/mol. The van der Waals surface area contributed by atoms with Gasteiger partial charge in [0.2, 0.25) is 5.90 Å². The van der Waals surface area contributed by atoms with Crippen molar-refractivity contribution in [1.82, 2.24) is 0 Å². The predicted octanol–water partition coefficient (Wildman–Crippen LogP) is 2.64. The summed E-state index contributed by atoms with van der Waals surface area (Å²) < 4.78 is 5.06. The molecule has 0 bridgehead atoms. The van der Waals surface area contributed by atoms with Crippen LogP contribution in [0, 0.1) is 10.1 Å². The van der Waals surface area contributed by atoms with Crippen LogP contribution in [-0.4, -0.2) is 21.9 Å². The molecule has 23 heavy (non-hydrogen) atoms. The van der Waals surface area contributed by atoms with Crippen molar-refractivity contribution in [2.24, 2.45) is 4.99 Å². The third-order valence-corrected chi connectivity index (χ3v) is 3.17. The highest BCUT2D eigenvalue weighted by molar-refractivity contribution is 6.13. The van der Waals surface area contributed by atoms with Gasteiger partial charge in [-0.2, -0.15) is 0 Å². The molecule has 0 radical (unpaired) electrons. The molecule has 1 aliphatic heterocycles. The number of nitro benzene ring substituents is 1. The number of carbonyl (C=O) groups is 1. The van der Waals surface area contributed by atoms with Crippen LogP contribution in [0.4, 0.5) is 5.69 Å². The summed E-state index contributed by atoms with van der Waals surface area (Å²) in [5, 5.41) is 20.3. The molecule has 1 aliphatic rings. The van der Waals surface area contributed by atoms with Crippen molar-refractivity contribution in [2.45, 2.75) is 0 Å². The number of carbonyl (C=O) groups excluding carboxylic acids is 1. The van der Waals surface area contributed by atoms with Crippen molar-refractivity contribution in [3.8, 4) is 5.75 Å². The Kier molecular flexibility index (Phi) is 3.60. The molecule has 0 aliphatic carbocycles. The van der Waals surface area contributed by atoms with Crippen LogP contribution in [0.5, 0.6) is 5.75 Å². The fourth-order valence-electron chi connectivity index (χ4n) is 2.02. The van der Waals surface area contributed by atoms with Gasteiger partial charge in [0.25, 0.3) is 5.69 Å². The molecule has 7 nitrogen and oxygen atoms in total. The van der Waals surface area contributed by atoms with Crippen LogP contribution in [0.1, 0.15) is 11.1 Å². The Bertz CT molecular complexity index is 853. The summed E-state index contributed by atoms with van der Waals surface area (Å²) in [6, 6.07) is 12.0. The zero-order valence-electron chi connectivity index (χ0n) is 11.7. The van der Waals surface area contributed by atoms with E-state index in [2.05, 4.69) is 4.99 Å². The fraction of sp³-hybridized carbons (Fsp3) is 0. The smallest absolute Gasteiger partial charge is 0.363 e. The Morgan fingerprint density at radius 1 is 1.13 bits per heavy atom. The molecule has 0 aromatic heterocycles. The number of phenolic OH excluding ortho intramolecular Hbond substituents is 1. The van der Waals surface area contributed by atoms with E-state index in [-0.39, 0.29) is 23.0 Å². The Morgan fingerprint density at radius 2 is 1.83 bits per heavy atom. The zero-order valence-corrected chi connectivity index (χ0v) is 11.7. The molecule has 0 spiro atoms. The topological polar surface area (TPSA) is 102 Å². The lowest BCUT2D eigenvalue weighted by Crippen LogP contribution is -2.05. The first-order valence-corrected chi connectivity index (χ1v) is 6.60. The van der Waals surface area contributed by atoms with Gasteiger partial charge in [0.1, 0.15) is 5.75 Å². The largest absolute Gasteiger partial charge is 0.507 e. The molecule has 0 amide bonds. The highest BCUT2D eigenvalue weighted by Gasteiger charge is 2.24. The quantitative estimate of drug-likeness (QED) is 0.406. The van der Waals surface area contributed by atoms with E-state index in [1.165, 1.54) is 36.4 Å². The van der Waals surface area contributed by atoms with Crippen molar-refractivity contribution < 1.29 is 19.6 Å². The molecule has 0 unspecified atom stereocenters. The Labute approximate surface area is 130 Å². The average Bonchev–Trinajstić information content (AvgIpc) is 2.91. The van der Waals surface area contributed by atoms with Crippen molar-refractivity contribution >= 4 is 23.6 Å². The molecule has 3 rings (SSSR count). The van der Waals surface area contributed by atoms with Crippen molar-refractivity contribution in [2.75, 3.05) is 0 Å². The second-order valence-electron chi connectivity index (χ2n) is 4.70. The molecule has 114 valence electrons. The van der Waals surface area contributed by atoms with Crippen LogP contribution < -0.4 is 0 Å². The Balaban J connectivity index is 1.92. The maximum atomic E-state index is 11.9. The van der Waals surface area contributed by atoms with Crippen molar-refractivity contribution in [3.05, 3.63) is 75.5 Å². The zero-order chi connectivity index (χ0) is 16.4. The van der Waals surface area contributed by atoms with Gasteiger partial charge in [0.15, 0.2) is 5.70 Å². The first kappa shape index (κ1) is 14.5. The van der Waals surface area contributed by atoms with Gasteiger partial charge in [-0.3, -0.25) is 10.1 Å². The molecule has 7 heteroatoms. The molecule has 2 aromatic rings. The Morgan fingerprint density at radius 3 is 2.48 bits per heavy atom. The van der Waals surface area contributed by atoms with E-state index in [1.807, 2.05) is 0 Å². The molecule has 0 saturated heterocycles. The van der Waals surface area contributed by atoms with Crippen LogP contribution in [0.25, 0.3) is 6.08 Å².